The van der Waals surface area contributed by atoms with E-state index >= 15 is 0 Å². The lowest BCUT2D eigenvalue weighted by molar-refractivity contribution is -0.132. The van der Waals surface area contributed by atoms with Crippen molar-refractivity contribution in [2.75, 3.05) is 32.6 Å². The molecular formula is C18H22N2O6. The van der Waals surface area contributed by atoms with Crippen molar-refractivity contribution in [1.29, 1.82) is 0 Å². The minimum absolute atomic E-state index is 0.0115. The second-order valence-corrected chi connectivity index (χ2v) is 6.01. The van der Waals surface area contributed by atoms with E-state index in [-0.39, 0.29) is 34.5 Å². The van der Waals surface area contributed by atoms with Gasteiger partial charge in [-0.25, -0.2) is 9.59 Å². The molecule has 0 bridgehead atoms. The Bertz CT molecular complexity index is 722. The van der Waals surface area contributed by atoms with Gasteiger partial charge in [0.05, 0.1) is 31.0 Å². The molecule has 0 aromatic heterocycles. The highest BCUT2D eigenvalue weighted by Gasteiger charge is 2.27. The molecule has 8 nitrogen and oxygen atoms in total. The monoisotopic (exact) mass is 362 g/mol. The first-order valence-corrected chi connectivity index (χ1v) is 8.24. The molecule has 26 heavy (non-hydrogen) atoms. The molecule has 1 aromatic rings. The molecule has 0 aliphatic carbocycles. The zero-order valence-electron chi connectivity index (χ0n) is 15.0. The number of benzene rings is 1. The second-order valence-electron chi connectivity index (χ2n) is 6.01. The van der Waals surface area contributed by atoms with Crippen molar-refractivity contribution >= 4 is 29.4 Å². The highest BCUT2D eigenvalue weighted by molar-refractivity contribution is 6.04. The summed E-state index contributed by atoms with van der Waals surface area (Å²) in [5.74, 6) is -1.75. The SMILES string of the molecule is COC(=O)c1ccc(C(=O)OC)c(NC(=O)C2CCN(C(C)=O)CC2)c1. The molecule has 0 radical (unpaired) electrons. The predicted molar refractivity (Wildman–Crippen MR) is 92.7 cm³/mol. The van der Waals surface area contributed by atoms with E-state index in [9.17, 15) is 19.2 Å². The maximum atomic E-state index is 12.6. The number of nitrogens with zero attached hydrogens (tertiary/aromatic N) is 1. The quantitative estimate of drug-likeness (QED) is 0.814. The molecule has 0 unspecified atom stereocenters. The van der Waals surface area contributed by atoms with Crippen LogP contribution >= 0.6 is 0 Å². The maximum Gasteiger partial charge on any atom is 0.339 e. The zero-order chi connectivity index (χ0) is 19.3. The predicted octanol–water partition coefficient (Wildman–Crippen LogP) is 1.46. The van der Waals surface area contributed by atoms with Crippen LogP contribution in [0.1, 0.15) is 40.5 Å². The Hall–Kier alpha value is -2.90. The number of carbonyl (C=O) groups is 4. The molecule has 2 rings (SSSR count). The van der Waals surface area contributed by atoms with Gasteiger partial charge in [0.2, 0.25) is 11.8 Å². The molecule has 8 heteroatoms. The van der Waals surface area contributed by atoms with E-state index in [1.807, 2.05) is 0 Å². The van der Waals surface area contributed by atoms with Gasteiger partial charge >= 0.3 is 11.9 Å². The first kappa shape index (κ1) is 19.4. The third kappa shape index (κ3) is 4.38. The number of hydrogen-bond donors (Lipinski definition) is 1. The minimum Gasteiger partial charge on any atom is -0.465 e. The second kappa shape index (κ2) is 8.46. The summed E-state index contributed by atoms with van der Waals surface area (Å²) < 4.78 is 9.39. The maximum absolute atomic E-state index is 12.6. The molecule has 0 saturated carbocycles. The van der Waals surface area contributed by atoms with Crippen LogP contribution in [-0.4, -0.2) is 56.0 Å². The smallest absolute Gasteiger partial charge is 0.339 e. The number of hydrogen-bond acceptors (Lipinski definition) is 6. The van der Waals surface area contributed by atoms with Crippen molar-refractivity contribution in [3.63, 3.8) is 0 Å². The molecule has 1 fully saturated rings. The van der Waals surface area contributed by atoms with Crippen LogP contribution in [0.25, 0.3) is 0 Å². The molecule has 0 spiro atoms. The average Bonchev–Trinajstić information content (AvgIpc) is 2.66. The summed E-state index contributed by atoms with van der Waals surface area (Å²) in [5, 5.41) is 2.71. The van der Waals surface area contributed by atoms with Crippen LogP contribution in [0.4, 0.5) is 5.69 Å². The lowest BCUT2D eigenvalue weighted by atomic mass is 9.95. The number of nitrogens with one attached hydrogen (secondary N) is 1. The number of methoxy groups -OCH3 is 2. The fourth-order valence-corrected chi connectivity index (χ4v) is 2.87. The number of likely N-dealkylation sites (tertiary alicyclic amines) is 1. The molecule has 1 saturated heterocycles. The van der Waals surface area contributed by atoms with Crippen LogP contribution in [0, 0.1) is 5.92 Å². The van der Waals surface area contributed by atoms with Crippen LogP contribution in [-0.2, 0) is 19.1 Å². The van der Waals surface area contributed by atoms with E-state index in [1.54, 1.807) is 4.90 Å². The van der Waals surface area contributed by atoms with Gasteiger partial charge in [0.1, 0.15) is 0 Å². The number of carbonyl (C=O) groups excluding carboxylic acids is 4. The van der Waals surface area contributed by atoms with E-state index in [4.69, 9.17) is 4.74 Å². The Balaban J connectivity index is 2.18. The molecule has 1 N–H and O–H groups in total. The summed E-state index contributed by atoms with van der Waals surface area (Å²) in [4.78, 5) is 49.3. The molecule has 1 aromatic carbocycles. The van der Waals surface area contributed by atoms with E-state index in [2.05, 4.69) is 10.1 Å². The van der Waals surface area contributed by atoms with Crippen LogP contribution in [0.3, 0.4) is 0 Å². The average molecular weight is 362 g/mol. The van der Waals surface area contributed by atoms with Gasteiger partial charge in [-0.05, 0) is 31.0 Å². The first-order valence-electron chi connectivity index (χ1n) is 8.24. The van der Waals surface area contributed by atoms with Gasteiger partial charge in [0.25, 0.3) is 0 Å². The van der Waals surface area contributed by atoms with Crippen molar-refractivity contribution in [2.24, 2.45) is 5.92 Å². The Morgan fingerprint density at radius 3 is 2.19 bits per heavy atom. The van der Waals surface area contributed by atoms with Crippen LogP contribution in [0.15, 0.2) is 18.2 Å². The normalized spacial score (nSPS) is 14.5. The number of ether oxygens (including phenoxy) is 2. The van der Waals surface area contributed by atoms with Crippen molar-refractivity contribution in [1.82, 2.24) is 4.90 Å². The van der Waals surface area contributed by atoms with Gasteiger partial charge in [-0.1, -0.05) is 0 Å². The lowest BCUT2D eigenvalue weighted by Crippen LogP contribution is -2.40. The number of rotatable bonds is 4. The molecule has 1 heterocycles. The Morgan fingerprint density at radius 1 is 1.04 bits per heavy atom. The Kier molecular flexibility index (Phi) is 6.32. The summed E-state index contributed by atoms with van der Waals surface area (Å²) in [5.41, 5.74) is 0.551. The number of anilines is 1. The van der Waals surface area contributed by atoms with E-state index < -0.39 is 11.9 Å². The van der Waals surface area contributed by atoms with Gasteiger partial charge in [-0.3, -0.25) is 9.59 Å². The molecule has 1 aliphatic heterocycles. The fourth-order valence-electron chi connectivity index (χ4n) is 2.87. The summed E-state index contributed by atoms with van der Waals surface area (Å²) in [6.45, 7) is 2.53. The number of piperidine rings is 1. The molecule has 140 valence electrons. The molecule has 2 amide bonds. The van der Waals surface area contributed by atoms with Crippen molar-refractivity contribution < 1.29 is 28.7 Å². The summed E-state index contributed by atoms with van der Waals surface area (Å²) in [6, 6.07) is 4.23. The summed E-state index contributed by atoms with van der Waals surface area (Å²) in [7, 11) is 2.48. The van der Waals surface area contributed by atoms with Crippen molar-refractivity contribution in [3.05, 3.63) is 29.3 Å². The molecule has 0 atom stereocenters. The first-order chi connectivity index (χ1) is 12.4. The van der Waals surface area contributed by atoms with E-state index in [0.29, 0.717) is 25.9 Å². The lowest BCUT2D eigenvalue weighted by Gasteiger charge is -2.30. The van der Waals surface area contributed by atoms with E-state index in [0.717, 1.165) is 0 Å². The summed E-state index contributed by atoms with van der Waals surface area (Å²) >= 11 is 0. The largest absolute Gasteiger partial charge is 0.465 e. The standard InChI is InChI=1S/C18H22N2O6/c1-11(21)20-8-6-12(7-9-20)16(22)19-15-10-13(17(23)25-2)4-5-14(15)18(24)26-3/h4-5,10,12H,6-9H2,1-3H3,(H,19,22). The summed E-state index contributed by atoms with van der Waals surface area (Å²) in [6.07, 6.45) is 1.07. The van der Waals surface area contributed by atoms with Crippen molar-refractivity contribution in [3.8, 4) is 0 Å². The Labute approximate surface area is 151 Å². The number of amides is 2. The van der Waals surface area contributed by atoms with Gasteiger partial charge < -0.3 is 19.7 Å². The third-order valence-corrected chi connectivity index (χ3v) is 4.41. The van der Waals surface area contributed by atoms with Crippen molar-refractivity contribution in [2.45, 2.75) is 19.8 Å². The topological polar surface area (TPSA) is 102 Å². The van der Waals surface area contributed by atoms with Gasteiger partial charge in [0.15, 0.2) is 0 Å². The molecule has 1 aliphatic rings. The zero-order valence-corrected chi connectivity index (χ0v) is 15.0. The highest BCUT2D eigenvalue weighted by atomic mass is 16.5. The van der Waals surface area contributed by atoms with Crippen LogP contribution < -0.4 is 5.32 Å². The van der Waals surface area contributed by atoms with Crippen LogP contribution in [0.2, 0.25) is 0 Å². The number of esters is 2. The minimum atomic E-state index is -0.622. The van der Waals surface area contributed by atoms with Gasteiger partial charge in [-0.15, -0.1) is 0 Å². The third-order valence-electron chi connectivity index (χ3n) is 4.41. The fraction of sp³-hybridized carbons (Fsp3) is 0.444. The van der Waals surface area contributed by atoms with Crippen LogP contribution in [0.5, 0.6) is 0 Å². The van der Waals surface area contributed by atoms with Gasteiger partial charge in [0, 0.05) is 25.9 Å². The van der Waals surface area contributed by atoms with E-state index in [1.165, 1.54) is 39.3 Å². The van der Waals surface area contributed by atoms with Gasteiger partial charge in [-0.2, -0.15) is 0 Å². The molecular weight excluding hydrogens is 340 g/mol. The highest BCUT2D eigenvalue weighted by Crippen LogP contribution is 2.23. The Morgan fingerprint density at radius 2 is 1.65 bits per heavy atom.